The Morgan fingerprint density at radius 3 is 2.65 bits per heavy atom. The van der Waals surface area contributed by atoms with E-state index >= 15 is 0 Å². The number of hydrogen-bond acceptors (Lipinski definition) is 1. The Bertz CT molecular complexity index is 359. The predicted molar refractivity (Wildman–Crippen MR) is 78.5 cm³/mol. The minimum absolute atomic E-state index is 0.395. The van der Waals surface area contributed by atoms with Gasteiger partial charge >= 0.3 is 0 Å². The molecule has 1 saturated carbocycles. The summed E-state index contributed by atoms with van der Waals surface area (Å²) in [5, 5.41) is 1.07. The number of ether oxygens (including phenoxy) is 1. The molecule has 2 rings (SSSR count). The molecule has 0 amide bonds. The van der Waals surface area contributed by atoms with Crippen LogP contribution in [0.3, 0.4) is 0 Å². The first-order chi connectivity index (χ1) is 8.24. The maximum atomic E-state index is 5.90. The highest BCUT2D eigenvalue weighted by molar-refractivity contribution is 9.10. The fraction of sp³-hybridized carbons (Fsp3) is 0.571. The molecule has 1 nitrogen and oxygen atoms in total. The standard InChI is InChI=1S/C14H18Br2O/c15-10-14(6-1-2-7-14)11-17-9-12-4-3-5-13(16)8-12/h3-5,8H,1-2,6-7,9-11H2. The van der Waals surface area contributed by atoms with Gasteiger partial charge in [0.25, 0.3) is 0 Å². The minimum atomic E-state index is 0.395. The van der Waals surface area contributed by atoms with Gasteiger partial charge in [-0.15, -0.1) is 0 Å². The molecule has 0 N–H and O–H groups in total. The molecular formula is C14H18Br2O. The molecule has 1 aromatic carbocycles. The van der Waals surface area contributed by atoms with Crippen molar-refractivity contribution in [1.29, 1.82) is 0 Å². The van der Waals surface area contributed by atoms with Gasteiger partial charge in [-0.2, -0.15) is 0 Å². The molecular weight excluding hydrogens is 344 g/mol. The van der Waals surface area contributed by atoms with Gasteiger partial charge in [0.15, 0.2) is 0 Å². The number of hydrogen-bond donors (Lipinski definition) is 0. The van der Waals surface area contributed by atoms with Crippen molar-refractivity contribution < 1.29 is 4.74 Å². The maximum absolute atomic E-state index is 5.90. The zero-order chi connectivity index (χ0) is 12.1. The summed E-state index contributed by atoms with van der Waals surface area (Å²) in [5.41, 5.74) is 1.63. The number of rotatable bonds is 5. The van der Waals surface area contributed by atoms with Crippen molar-refractivity contribution in [1.82, 2.24) is 0 Å². The summed E-state index contributed by atoms with van der Waals surface area (Å²) < 4.78 is 7.02. The van der Waals surface area contributed by atoms with Crippen molar-refractivity contribution in [3.05, 3.63) is 34.3 Å². The van der Waals surface area contributed by atoms with Crippen LogP contribution in [0.5, 0.6) is 0 Å². The molecule has 1 aliphatic rings. The third-order valence-electron chi connectivity index (χ3n) is 3.51. The topological polar surface area (TPSA) is 9.23 Å². The van der Waals surface area contributed by atoms with Crippen LogP contribution < -0.4 is 0 Å². The van der Waals surface area contributed by atoms with Gasteiger partial charge in [0, 0.05) is 15.2 Å². The van der Waals surface area contributed by atoms with Gasteiger partial charge in [-0.1, -0.05) is 56.8 Å². The summed E-state index contributed by atoms with van der Waals surface area (Å²) in [6.45, 7) is 1.60. The Morgan fingerprint density at radius 1 is 1.24 bits per heavy atom. The molecule has 1 aliphatic carbocycles. The van der Waals surface area contributed by atoms with Crippen molar-refractivity contribution in [2.24, 2.45) is 5.41 Å². The van der Waals surface area contributed by atoms with E-state index in [1.807, 2.05) is 6.07 Å². The molecule has 0 aromatic heterocycles. The van der Waals surface area contributed by atoms with Crippen LogP contribution in [-0.4, -0.2) is 11.9 Å². The Kier molecular flexibility index (Phi) is 5.07. The first kappa shape index (κ1) is 13.6. The highest BCUT2D eigenvalue weighted by Gasteiger charge is 2.32. The Balaban J connectivity index is 1.82. The van der Waals surface area contributed by atoms with Gasteiger partial charge in [0.2, 0.25) is 0 Å². The van der Waals surface area contributed by atoms with E-state index in [0.29, 0.717) is 12.0 Å². The average molecular weight is 362 g/mol. The molecule has 94 valence electrons. The molecule has 0 radical (unpaired) electrons. The number of benzene rings is 1. The van der Waals surface area contributed by atoms with E-state index in [4.69, 9.17) is 4.74 Å². The largest absolute Gasteiger partial charge is 0.376 e. The lowest BCUT2D eigenvalue weighted by atomic mass is 9.90. The third kappa shape index (κ3) is 3.80. The van der Waals surface area contributed by atoms with E-state index in [1.54, 1.807) is 0 Å². The van der Waals surface area contributed by atoms with Crippen LogP contribution in [-0.2, 0) is 11.3 Å². The molecule has 1 aromatic rings. The number of halogens is 2. The third-order valence-corrected chi connectivity index (χ3v) is 5.20. The van der Waals surface area contributed by atoms with Gasteiger partial charge in [-0.25, -0.2) is 0 Å². The van der Waals surface area contributed by atoms with Crippen LogP contribution in [0.1, 0.15) is 31.2 Å². The first-order valence-corrected chi connectivity index (χ1v) is 8.04. The maximum Gasteiger partial charge on any atom is 0.0717 e. The zero-order valence-electron chi connectivity index (χ0n) is 9.92. The summed E-state index contributed by atoms with van der Waals surface area (Å²) in [6, 6.07) is 8.33. The lowest BCUT2D eigenvalue weighted by molar-refractivity contribution is 0.0486. The van der Waals surface area contributed by atoms with E-state index in [0.717, 1.165) is 16.4 Å². The second-order valence-corrected chi connectivity index (χ2v) is 6.44. The number of alkyl halides is 1. The Morgan fingerprint density at radius 2 is 2.00 bits per heavy atom. The van der Waals surface area contributed by atoms with E-state index in [-0.39, 0.29) is 0 Å². The van der Waals surface area contributed by atoms with Crippen LogP contribution >= 0.6 is 31.9 Å². The van der Waals surface area contributed by atoms with Crippen molar-refractivity contribution in [3.8, 4) is 0 Å². The molecule has 0 atom stereocenters. The predicted octanol–water partition coefficient (Wildman–Crippen LogP) is 4.92. The summed E-state index contributed by atoms with van der Waals surface area (Å²) in [7, 11) is 0. The monoisotopic (exact) mass is 360 g/mol. The summed E-state index contributed by atoms with van der Waals surface area (Å²) in [5.74, 6) is 0. The highest BCUT2D eigenvalue weighted by Crippen LogP contribution is 2.39. The Labute approximate surface area is 120 Å². The van der Waals surface area contributed by atoms with Crippen molar-refractivity contribution in [3.63, 3.8) is 0 Å². The molecule has 1 fully saturated rings. The molecule has 0 saturated heterocycles. The van der Waals surface area contributed by atoms with Crippen molar-refractivity contribution >= 4 is 31.9 Å². The van der Waals surface area contributed by atoms with Crippen molar-refractivity contribution in [2.45, 2.75) is 32.3 Å². The summed E-state index contributed by atoms with van der Waals surface area (Å²) in [6.07, 6.45) is 5.31. The van der Waals surface area contributed by atoms with Crippen LogP contribution in [0.25, 0.3) is 0 Å². The lowest BCUT2D eigenvalue weighted by Gasteiger charge is -2.26. The SMILES string of the molecule is BrCC1(COCc2cccc(Br)c2)CCCC1. The molecule has 0 unspecified atom stereocenters. The van der Waals surface area contributed by atoms with Gasteiger partial charge < -0.3 is 4.74 Å². The van der Waals surface area contributed by atoms with Crippen LogP contribution in [0.4, 0.5) is 0 Å². The second-order valence-electron chi connectivity index (χ2n) is 4.96. The fourth-order valence-electron chi connectivity index (χ4n) is 2.45. The molecule has 0 heterocycles. The van der Waals surface area contributed by atoms with E-state index in [2.05, 4.69) is 50.1 Å². The molecule has 0 bridgehead atoms. The molecule has 3 heteroatoms. The van der Waals surface area contributed by atoms with Crippen LogP contribution in [0.2, 0.25) is 0 Å². The normalized spacial score (nSPS) is 18.5. The average Bonchev–Trinajstić information content (AvgIpc) is 2.79. The highest BCUT2D eigenvalue weighted by atomic mass is 79.9. The van der Waals surface area contributed by atoms with Crippen LogP contribution in [0.15, 0.2) is 28.7 Å². The fourth-order valence-corrected chi connectivity index (χ4v) is 3.62. The van der Waals surface area contributed by atoms with Gasteiger partial charge in [0.05, 0.1) is 13.2 Å². The summed E-state index contributed by atoms with van der Waals surface area (Å²) >= 11 is 7.13. The quantitative estimate of drug-likeness (QED) is 0.676. The molecule has 0 aliphatic heterocycles. The van der Waals surface area contributed by atoms with Gasteiger partial charge in [0.1, 0.15) is 0 Å². The zero-order valence-corrected chi connectivity index (χ0v) is 13.1. The lowest BCUT2D eigenvalue weighted by Crippen LogP contribution is -2.25. The van der Waals surface area contributed by atoms with Gasteiger partial charge in [-0.05, 0) is 30.5 Å². The minimum Gasteiger partial charge on any atom is -0.376 e. The Hall–Kier alpha value is 0.140. The first-order valence-electron chi connectivity index (χ1n) is 6.12. The molecule has 0 spiro atoms. The smallest absolute Gasteiger partial charge is 0.0717 e. The van der Waals surface area contributed by atoms with Crippen LogP contribution in [0, 0.1) is 5.41 Å². The van der Waals surface area contributed by atoms with Gasteiger partial charge in [-0.3, -0.25) is 0 Å². The van der Waals surface area contributed by atoms with E-state index in [9.17, 15) is 0 Å². The second kappa shape index (κ2) is 6.35. The van der Waals surface area contributed by atoms with Crippen molar-refractivity contribution in [2.75, 3.05) is 11.9 Å². The summed E-state index contributed by atoms with van der Waals surface area (Å²) in [4.78, 5) is 0. The molecule has 17 heavy (non-hydrogen) atoms. The van der Waals surface area contributed by atoms with E-state index in [1.165, 1.54) is 31.2 Å². The van der Waals surface area contributed by atoms with E-state index < -0.39 is 0 Å².